The van der Waals surface area contributed by atoms with E-state index >= 15 is 0 Å². The third kappa shape index (κ3) is 9.90. The van der Waals surface area contributed by atoms with E-state index in [9.17, 15) is 14.4 Å². The van der Waals surface area contributed by atoms with Crippen molar-refractivity contribution in [2.75, 3.05) is 13.7 Å². The second kappa shape index (κ2) is 14.7. The molecule has 0 aliphatic carbocycles. The van der Waals surface area contributed by atoms with Gasteiger partial charge in [0.2, 0.25) is 5.91 Å². The molecule has 2 atom stereocenters. The van der Waals surface area contributed by atoms with Gasteiger partial charge >= 0.3 is 12.0 Å². The van der Waals surface area contributed by atoms with Gasteiger partial charge in [-0.2, -0.15) is 0 Å². The van der Waals surface area contributed by atoms with Gasteiger partial charge in [0.05, 0.1) is 12.8 Å². The lowest BCUT2D eigenvalue weighted by Gasteiger charge is -2.22. The smallest absolute Gasteiger partial charge is 0.360 e. The van der Waals surface area contributed by atoms with Gasteiger partial charge in [-0.15, -0.1) is 5.11 Å². The summed E-state index contributed by atoms with van der Waals surface area (Å²) < 4.78 is 4.83. The zero-order valence-electron chi connectivity index (χ0n) is 20.9. The van der Waals surface area contributed by atoms with E-state index in [4.69, 9.17) is 16.2 Å². The molecule has 2 aromatic rings. The van der Waals surface area contributed by atoms with E-state index in [1.165, 1.54) is 7.11 Å². The second-order valence-electron chi connectivity index (χ2n) is 8.39. The van der Waals surface area contributed by atoms with E-state index < -0.39 is 36.3 Å². The monoisotopic (exact) mass is 497 g/mol. The van der Waals surface area contributed by atoms with Gasteiger partial charge in [0.1, 0.15) is 18.4 Å². The number of carbonyl (C=O) groups excluding carboxylic acids is 3. The molecule has 0 radical (unpaired) electrons. The molecule has 11 nitrogen and oxygen atoms in total. The molecule has 0 aromatic heterocycles. The molecule has 3 amide bonds. The molecule has 36 heavy (non-hydrogen) atoms. The van der Waals surface area contributed by atoms with Crippen molar-refractivity contribution in [2.45, 2.75) is 51.5 Å². The summed E-state index contributed by atoms with van der Waals surface area (Å²) in [5.41, 5.74) is 14.2. The highest BCUT2D eigenvalue weighted by Gasteiger charge is 2.27. The lowest BCUT2D eigenvalue weighted by molar-refractivity contribution is -0.145. The maximum absolute atomic E-state index is 13.2. The first kappa shape index (κ1) is 28.6. The van der Waals surface area contributed by atoms with Crippen molar-refractivity contribution >= 4 is 23.6 Å². The fraction of sp³-hybridized carbons (Fsp3) is 0.400. The number of amides is 3. The number of benzene rings is 2. The predicted molar refractivity (Wildman–Crippen MR) is 136 cm³/mol. The number of rotatable bonds is 12. The first-order valence-corrected chi connectivity index (χ1v) is 11.7. The number of esters is 1. The molecule has 2 rings (SSSR count). The van der Waals surface area contributed by atoms with Crippen LogP contribution in [0.15, 0.2) is 58.8 Å². The molecule has 0 saturated carbocycles. The number of nitrogens with zero attached hydrogens (tertiary/aromatic N) is 2. The third-order valence-electron chi connectivity index (χ3n) is 5.35. The van der Waals surface area contributed by atoms with E-state index in [0.717, 1.165) is 16.7 Å². The van der Waals surface area contributed by atoms with Gasteiger partial charge in [-0.05, 0) is 50.4 Å². The molecule has 11 heteroatoms. The number of carbonyl (C=O) groups is 3. The highest BCUT2D eigenvalue weighted by molar-refractivity contribution is 5.90. The number of nitrogens with two attached hydrogens (primary N) is 2. The minimum atomic E-state index is -0.999. The Kier molecular flexibility index (Phi) is 11.6. The van der Waals surface area contributed by atoms with Crippen LogP contribution in [0.3, 0.4) is 0 Å². The maximum atomic E-state index is 13.2. The van der Waals surface area contributed by atoms with Crippen LogP contribution in [-0.2, 0) is 20.7 Å². The van der Waals surface area contributed by atoms with Crippen LogP contribution < -0.4 is 27.4 Å². The molecule has 194 valence electrons. The molecule has 0 fully saturated rings. The first-order valence-electron chi connectivity index (χ1n) is 11.7. The summed E-state index contributed by atoms with van der Waals surface area (Å²) in [6.07, 6.45) is 0.301. The Labute approximate surface area is 211 Å². The van der Waals surface area contributed by atoms with Crippen LogP contribution >= 0.6 is 0 Å². The van der Waals surface area contributed by atoms with E-state index in [1.807, 2.05) is 56.3 Å². The van der Waals surface area contributed by atoms with E-state index in [1.54, 1.807) is 6.07 Å². The van der Waals surface area contributed by atoms with Gasteiger partial charge in [-0.1, -0.05) is 53.1 Å². The molecular formula is C25H35N7O4. The molecule has 0 heterocycles. The first-order chi connectivity index (χ1) is 17.2. The van der Waals surface area contributed by atoms with Crippen molar-refractivity contribution in [2.24, 2.45) is 21.7 Å². The topological polar surface area (TPSA) is 173 Å². The number of aryl methyl sites for hydroxylation is 2. The second-order valence-corrected chi connectivity index (χ2v) is 8.39. The molecule has 0 spiro atoms. The third-order valence-corrected chi connectivity index (χ3v) is 5.35. The predicted octanol–water partition coefficient (Wildman–Crippen LogP) is 1.94. The SMILES string of the molecule is COC(=O)C(CCCNC(N)N)NC(=O)C(Cc1ccccc1)NC(=O)N=Nc1ccc(C)cc1C. The van der Waals surface area contributed by atoms with Gasteiger partial charge in [-0.3, -0.25) is 10.1 Å². The molecule has 2 aromatic carbocycles. The summed E-state index contributed by atoms with van der Waals surface area (Å²) >= 11 is 0. The maximum Gasteiger partial charge on any atom is 0.360 e. The van der Waals surface area contributed by atoms with Crippen molar-refractivity contribution in [3.63, 3.8) is 0 Å². The Morgan fingerprint density at radius 1 is 1.00 bits per heavy atom. The van der Waals surface area contributed by atoms with Crippen LogP contribution in [0.4, 0.5) is 10.5 Å². The highest BCUT2D eigenvalue weighted by Crippen LogP contribution is 2.19. The Morgan fingerprint density at radius 2 is 1.72 bits per heavy atom. The Balaban J connectivity index is 2.13. The standard InChI is InChI=1S/C25H35N7O4/c1-16-11-12-19(17(2)14-16)31-32-25(35)30-21(15-18-8-5-4-6-9-18)22(33)29-20(23(34)36-3)10-7-13-28-24(26)27/h4-6,8-9,11-12,14,20-21,24,28H,7,10,13,15,26-27H2,1-3H3,(H,29,33)(H,30,35). The quantitative estimate of drug-likeness (QED) is 0.129. The Morgan fingerprint density at radius 3 is 2.36 bits per heavy atom. The van der Waals surface area contributed by atoms with Crippen molar-refractivity contribution in [1.82, 2.24) is 16.0 Å². The molecule has 0 aliphatic heterocycles. The zero-order valence-corrected chi connectivity index (χ0v) is 20.9. The number of urea groups is 1. The largest absolute Gasteiger partial charge is 0.467 e. The van der Waals surface area contributed by atoms with E-state index in [0.29, 0.717) is 18.7 Å². The summed E-state index contributed by atoms with van der Waals surface area (Å²) in [6, 6.07) is 12.1. The summed E-state index contributed by atoms with van der Waals surface area (Å²) in [5, 5.41) is 15.9. The number of azo groups is 1. The Hall–Kier alpha value is -3.67. The van der Waals surface area contributed by atoms with E-state index in [-0.39, 0.29) is 12.8 Å². The van der Waals surface area contributed by atoms with Crippen molar-refractivity contribution in [1.29, 1.82) is 0 Å². The fourth-order valence-corrected chi connectivity index (χ4v) is 3.49. The van der Waals surface area contributed by atoms with Gasteiger partial charge in [0.25, 0.3) is 0 Å². The normalized spacial score (nSPS) is 12.8. The molecule has 2 unspecified atom stereocenters. The number of methoxy groups -OCH3 is 1. The fourth-order valence-electron chi connectivity index (χ4n) is 3.49. The zero-order chi connectivity index (χ0) is 26.5. The van der Waals surface area contributed by atoms with Crippen LogP contribution in [0, 0.1) is 13.8 Å². The summed E-state index contributed by atoms with van der Waals surface area (Å²) in [5.74, 6) is -1.15. The average molecular weight is 498 g/mol. The van der Waals surface area contributed by atoms with Crippen molar-refractivity contribution < 1.29 is 19.1 Å². The lowest BCUT2D eigenvalue weighted by Crippen LogP contribution is -2.52. The van der Waals surface area contributed by atoms with Crippen molar-refractivity contribution in [3.05, 3.63) is 65.2 Å². The van der Waals surface area contributed by atoms with Crippen molar-refractivity contribution in [3.8, 4) is 0 Å². The molecule has 0 bridgehead atoms. The van der Waals surface area contributed by atoms with Crippen LogP contribution in [0.5, 0.6) is 0 Å². The highest BCUT2D eigenvalue weighted by atomic mass is 16.5. The number of hydrogen-bond acceptors (Lipinski definition) is 8. The molecule has 0 aliphatic rings. The minimum absolute atomic E-state index is 0.189. The average Bonchev–Trinajstić information content (AvgIpc) is 2.84. The van der Waals surface area contributed by atoms with Crippen LogP contribution in [0.2, 0.25) is 0 Å². The molecular weight excluding hydrogens is 462 g/mol. The van der Waals surface area contributed by atoms with E-state index in [2.05, 4.69) is 26.2 Å². The van der Waals surface area contributed by atoms with Gasteiger partial charge in [0.15, 0.2) is 0 Å². The lowest BCUT2D eigenvalue weighted by atomic mass is 10.0. The van der Waals surface area contributed by atoms with Gasteiger partial charge in [-0.25, -0.2) is 9.59 Å². The number of ether oxygens (including phenoxy) is 1. The summed E-state index contributed by atoms with van der Waals surface area (Å²) in [4.78, 5) is 38.0. The summed E-state index contributed by atoms with van der Waals surface area (Å²) in [7, 11) is 1.24. The van der Waals surface area contributed by atoms with Gasteiger partial charge in [0, 0.05) is 6.42 Å². The molecule has 7 N–H and O–H groups in total. The minimum Gasteiger partial charge on any atom is -0.467 e. The summed E-state index contributed by atoms with van der Waals surface area (Å²) in [6.45, 7) is 4.28. The Bertz CT molecular complexity index is 1040. The number of hydrogen-bond donors (Lipinski definition) is 5. The van der Waals surface area contributed by atoms with Crippen LogP contribution in [-0.4, -0.2) is 49.9 Å². The number of nitrogens with one attached hydrogen (secondary N) is 3. The van der Waals surface area contributed by atoms with Gasteiger partial charge < -0.3 is 26.8 Å². The molecule has 0 saturated heterocycles. The van der Waals surface area contributed by atoms with Crippen LogP contribution in [0.1, 0.15) is 29.5 Å². The van der Waals surface area contributed by atoms with Crippen LogP contribution in [0.25, 0.3) is 0 Å².